The van der Waals surface area contributed by atoms with E-state index in [-0.39, 0.29) is 24.7 Å². The van der Waals surface area contributed by atoms with Crippen molar-refractivity contribution in [3.05, 3.63) is 34.9 Å². The van der Waals surface area contributed by atoms with Crippen LogP contribution in [0.4, 0.5) is 0 Å². The van der Waals surface area contributed by atoms with Crippen molar-refractivity contribution < 1.29 is 28.8 Å². The summed E-state index contributed by atoms with van der Waals surface area (Å²) >= 11 is 0. The van der Waals surface area contributed by atoms with Crippen molar-refractivity contribution in [1.29, 1.82) is 0 Å². The normalized spacial score (nSPS) is 34.1. The number of methoxy groups -OCH3 is 1. The first-order chi connectivity index (χ1) is 12.6. The Labute approximate surface area is 151 Å². The third-order valence-corrected chi connectivity index (χ3v) is 5.91. The molecule has 5 unspecified atom stereocenters. The number of aliphatic hydroxyl groups is 1. The van der Waals surface area contributed by atoms with Crippen LogP contribution in [0.5, 0.6) is 11.5 Å². The fourth-order valence-electron chi connectivity index (χ4n) is 4.92. The van der Waals surface area contributed by atoms with E-state index in [0.29, 0.717) is 5.75 Å². The molecule has 1 N–H and O–H groups in total. The van der Waals surface area contributed by atoms with Gasteiger partial charge in [0.2, 0.25) is 6.79 Å². The molecule has 3 heterocycles. The van der Waals surface area contributed by atoms with Gasteiger partial charge in [-0.15, -0.1) is 0 Å². The van der Waals surface area contributed by atoms with Gasteiger partial charge in [0.25, 0.3) is 0 Å². The lowest BCUT2D eigenvalue weighted by Crippen LogP contribution is -2.59. The molecule has 0 aromatic heterocycles. The van der Waals surface area contributed by atoms with Gasteiger partial charge in [-0.1, -0.05) is 6.08 Å². The Morgan fingerprint density at radius 1 is 1.27 bits per heavy atom. The van der Waals surface area contributed by atoms with Crippen molar-refractivity contribution in [2.45, 2.75) is 43.7 Å². The number of nitrogens with zero attached hydrogens (tertiary/aromatic N) is 1. The van der Waals surface area contributed by atoms with E-state index in [1.54, 1.807) is 7.11 Å². The van der Waals surface area contributed by atoms with Gasteiger partial charge in [-0.2, -0.15) is 0 Å². The average molecular weight is 359 g/mol. The molecule has 1 fully saturated rings. The van der Waals surface area contributed by atoms with Gasteiger partial charge in [-0.3, -0.25) is 9.69 Å². The summed E-state index contributed by atoms with van der Waals surface area (Å²) < 4.78 is 22.4. The van der Waals surface area contributed by atoms with Crippen molar-refractivity contribution in [3.63, 3.8) is 0 Å². The Balaban J connectivity index is 1.67. The zero-order valence-electron chi connectivity index (χ0n) is 14.7. The van der Waals surface area contributed by atoms with Gasteiger partial charge in [0.05, 0.1) is 0 Å². The lowest BCUT2D eigenvalue weighted by atomic mass is 9.69. The minimum Gasteiger partial charge on any atom is -0.459 e. The van der Waals surface area contributed by atoms with E-state index in [4.69, 9.17) is 18.9 Å². The van der Waals surface area contributed by atoms with E-state index in [1.807, 2.05) is 12.1 Å². The molecule has 7 nitrogen and oxygen atoms in total. The number of rotatable bonds is 2. The molecule has 1 aliphatic carbocycles. The SMILES string of the molecule is COC1C(O)C2=CCN3Cc4cc5c(cc4C(C1OC(C)=O)C23)OCO5. The first-order valence-corrected chi connectivity index (χ1v) is 8.83. The van der Waals surface area contributed by atoms with E-state index in [0.717, 1.165) is 35.5 Å². The highest BCUT2D eigenvalue weighted by atomic mass is 16.7. The first kappa shape index (κ1) is 16.1. The molecule has 7 heteroatoms. The fraction of sp³-hybridized carbons (Fsp3) is 0.526. The molecule has 5 atom stereocenters. The second-order valence-corrected chi connectivity index (χ2v) is 7.23. The maximum absolute atomic E-state index is 11.8. The van der Waals surface area contributed by atoms with Crippen LogP contribution in [0.1, 0.15) is 24.0 Å². The number of ether oxygens (including phenoxy) is 4. The summed E-state index contributed by atoms with van der Waals surface area (Å²) in [5.74, 6) is 0.952. The molecule has 0 radical (unpaired) electrons. The Morgan fingerprint density at radius 3 is 2.77 bits per heavy atom. The number of carbonyl (C=O) groups is 1. The predicted molar refractivity (Wildman–Crippen MR) is 89.9 cm³/mol. The minimum absolute atomic E-state index is 0.00591. The Morgan fingerprint density at radius 2 is 2.04 bits per heavy atom. The molecule has 1 saturated carbocycles. The number of fused-ring (bicyclic) bond motifs is 3. The molecule has 1 aromatic carbocycles. The highest BCUT2D eigenvalue weighted by molar-refractivity contribution is 5.67. The monoisotopic (exact) mass is 359 g/mol. The van der Waals surface area contributed by atoms with Crippen LogP contribution in [0.15, 0.2) is 23.8 Å². The van der Waals surface area contributed by atoms with E-state index in [9.17, 15) is 9.90 Å². The van der Waals surface area contributed by atoms with Crippen LogP contribution in [-0.4, -0.2) is 60.8 Å². The van der Waals surface area contributed by atoms with Crippen LogP contribution in [0.3, 0.4) is 0 Å². The smallest absolute Gasteiger partial charge is 0.303 e. The molecular formula is C19H21NO6. The van der Waals surface area contributed by atoms with Crippen molar-refractivity contribution >= 4 is 5.97 Å². The van der Waals surface area contributed by atoms with Crippen LogP contribution in [-0.2, 0) is 20.8 Å². The van der Waals surface area contributed by atoms with Crippen LogP contribution < -0.4 is 9.47 Å². The van der Waals surface area contributed by atoms with Crippen LogP contribution >= 0.6 is 0 Å². The fourth-order valence-corrected chi connectivity index (χ4v) is 4.92. The molecular weight excluding hydrogens is 338 g/mol. The van der Waals surface area contributed by atoms with Gasteiger partial charge in [0, 0.05) is 39.1 Å². The van der Waals surface area contributed by atoms with E-state index in [1.165, 1.54) is 6.92 Å². The lowest BCUT2D eigenvalue weighted by Gasteiger charge is -2.49. The highest BCUT2D eigenvalue weighted by Gasteiger charge is 2.55. The summed E-state index contributed by atoms with van der Waals surface area (Å²) in [5, 5.41) is 10.8. The molecule has 1 aromatic rings. The molecule has 0 spiro atoms. The lowest BCUT2D eigenvalue weighted by molar-refractivity contribution is -0.168. The van der Waals surface area contributed by atoms with Crippen molar-refractivity contribution in [3.8, 4) is 11.5 Å². The van der Waals surface area contributed by atoms with Gasteiger partial charge < -0.3 is 24.1 Å². The van der Waals surface area contributed by atoms with Gasteiger partial charge in [0.1, 0.15) is 18.3 Å². The average Bonchev–Trinajstić information content (AvgIpc) is 3.23. The number of esters is 1. The summed E-state index contributed by atoms with van der Waals surface area (Å²) in [4.78, 5) is 14.1. The van der Waals surface area contributed by atoms with Gasteiger partial charge in [-0.05, 0) is 28.8 Å². The summed E-state index contributed by atoms with van der Waals surface area (Å²) in [6.45, 7) is 3.11. The highest BCUT2D eigenvalue weighted by Crippen LogP contribution is 2.51. The zero-order chi connectivity index (χ0) is 18.0. The van der Waals surface area contributed by atoms with Gasteiger partial charge in [0.15, 0.2) is 11.5 Å². The molecule has 3 aliphatic heterocycles. The molecule has 0 amide bonds. The van der Waals surface area contributed by atoms with Crippen LogP contribution in [0, 0.1) is 0 Å². The summed E-state index contributed by atoms with van der Waals surface area (Å²) in [6, 6.07) is 4.01. The van der Waals surface area contributed by atoms with Gasteiger partial charge in [-0.25, -0.2) is 0 Å². The van der Waals surface area contributed by atoms with Crippen LogP contribution in [0.2, 0.25) is 0 Å². The second-order valence-electron chi connectivity index (χ2n) is 7.23. The van der Waals surface area contributed by atoms with E-state index >= 15 is 0 Å². The molecule has 0 saturated heterocycles. The quantitative estimate of drug-likeness (QED) is 0.622. The maximum Gasteiger partial charge on any atom is 0.303 e. The topological polar surface area (TPSA) is 77.5 Å². The number of hydrogen-bond acceptors (Lipinski definition) is 7. The Bertz CT molecular complexity index is 805. The summed E-state index contributed by atoms with van der Waals surface area (Å²) in [5.41, 5.74) is 3.16. The molecule has 4 aliphatic rings. The number of carbonyl (C=O) groups excluding carboxylic acids is 1. The zero-order valence-corrected chi connectivity index (χ0v) is 14.7. The Kier molecular flexibility index (Phi) is 3.53. The van der Waals surface area contributed by atoms with E-state index in [2.05, 4.69) is 11.0 Å². The summed E-state index contributed by atoms with van der Waals surface area (Å²) in [7, 11) is 1.54. The molecule has 0 bridgehead atoms. The molecule has 138 valence electrons. The second kappa shape index (κ2) is 5.70. The standard InChI is InChI=1S/C19H21NO6/c1-9(21)26-18-15-12-6-14-13(24-8-25-14)5-10(12)7-20-4-3-11(16(15)20)17(22)19(18)23-2/h3,5-6,15-19,22H,4,7-8H2,1-2H3. The molecule has 5 rings (SSSR count). The minimum atomic E-state index is -0.786. The predicted octanol–water partition coefficient (Wildman–Crippen LogP) is 0.944. The number of benzene rings is 1. The van der Waals surface area contributed by atoms with Crippen LogP contribution in [0.25, 0.3) is 0 Å². The van der Waals surface area contributed by atoms with Crippen molar-refractivity contribution in [2.24, 2.45) is 0 Å². The van der Waals surface area contributed by atoms with E-state index < -0.39 is 18.3 Å². The molecule has 26 heavy (non-hydrogen) atoms. The van der Waals surface area contributed by atoms with Gasteiger partial charge >= 0.3 is 5.97 Å². The number of aliphatic hydroxyl groups excluding tert-OH is 1. The summed E-state index contributed by atoms with van der Waals surface area (Å²) in [6.07, 6.45) is 0.105. The third kappa shape index (κ3) is 2.14. The maximum atomic E-state index is 11.8. The van der Waals surface area contributed by atoms with Crippen molar-refractivity contribution in [2.75, 3.05) is 20.4 Å². The first-order valence-electron chi connectivity index (χ1n) is 8.83. The Hall–Kier alpha value is -2.09. The van der Waals surface area contributed by atoms with Crippen molar-refractivity contribution in [1.82, 2.24) is 4.90 Å². The largest absolute Gasteiger partial charge is 0.459 e. The third-order valence-electron chi connectivity index (χ3n) is 5.91. The number of hydrogen-bond donors (Lipinski definition) is 1.